The fraction of sp³-hybridized carbons (Fsp3) is 0.462. The van der Waals surface area contributed by atoms with Crippen LogP contribution in [-0.4, -0.2) is 35.1 Å². The summed E-state index contributed by atoms with van der Waals surface area (Å²) in [6.45, 7) is 0. The maximum absolute atomic E-state index is 12.1. The van der Waals surface area contributed by atoms with Crippen LogP contribution in [0.2, 0.25) is 0 Å². The van der Waals surface area contributed by atoms with E-state index in [1.807, 2.05) is 0 Å². The van der Waals surface area contributed by atoms with Gasteiger partial charge in [0.2, 0.25) is 5.88 Å². The second kappa shape index (κ2) is 5.69. The lowest BCUT2D eigenvalue weighted by atomic mass is 10.0. The maximum Gasteiger partial charge on any atom is 0.308 e. The van der Waals surface area contributed by atoms with Gasteiger partial charge in [-0.1, -0.05) is 6.42 Å². The average Bonchev–Trinajstić information content (AvgIpc) is 2.87. The van der Waals surface area contributed by atoms with Crippen LogP contribution < -0.4 is 10.1 Å². The van der Waals surface area contributed by atoms with Crippen molar-refractivity contribution >= 4 is 11.9 Å². The van der Waals surface area contributed by atoms with Gasteiger partial charge in [-0.2, -0.15) is 0 Å². The van der Waals surface area contributed by atoms with Crippen LogP contribution in [0.5, 0.6) is 5.88 Å². The lowest BCUT2D eigenvalue weighted by Crippen LogP contribution is -2.40. The fourth-order valence-electron chi connectivity index (χ4n) is 2.40. The van der Waals surface area contributed by atoms with Gasteiger partial charge in [0.25, 0.3) is 5.91 Å². The summed E-state index contributed by atoms with van der Waals surface area (Å²) < 4.78 is 5.02. The zero-order valence-electron chi connectivity index (χ0n) is 10.6. The number of aliphatic carboxylic acids is 1. The number of hydrogen-bond donors (Lipinski definition) is 2. The van der Waals surface area contributed by atoms with E-state index in [0.29, 0.717) is 18.4 Å². The minimum Gasteiger partial charge on any atom is -0.481 e. The molecule has 1 heterocycles. The highest BCUT2D eigenvalue weighted by molar-refractivity contribution is 5.96. The smallest absolute Gasteiger partial charge is 0.308 e. The first kappa shape index (κ1) is 13.3. The van der Waals surface area contributed by atoms with Crippen molar-refractivity contribution in [1.29, 1.82) is 0 Å². The van der Waals surface area contributed by atoms with Crippen LogP contribution in [0.4, 0.5) is 0 Å². The van der Waals surface area contributed by atoms with Crippen molar-refractivity contribution in [2.75, 3.05) is 7.11 Å². The lowest BCUT2D eigenvalue weighted by Gasteiger charge is -2.18. The molecule has 102 valence electrons. The van der Waals surface area contributed by atoms with Crippen molar-refractivity contribution in [2.45, 2.75) is 25.3 Å². The molecule has 0 unspecified atom stereocenters. The molecule has 6 nitrogen and oxygen atoms in total. The molecule has 0 aliphatic heterocycles. The van der Waals surface area contributed by atoms with Gasteiger partial charge in [0, 0.05) is 12.2 Å². The molecule has 0 aromatic carbocycles. The van der Waals surface area contributed by atoms with Crippen LogP contribution >= 0.6 is 0 Å². The summed E-state index contributed by atoms with van der Waals surface area (Å²) in [4.78, 5) is 27.1. The van der Waals surface area contributed by atoms with E-state index in [1.54, 1.807) is 12.1 Å². The van der Waals surface area contributed by atoms with Crippen LogP contribution in [0.25, 0.3) is 0 Å². The van der Waals surface area contributed by atoms with Gasteiger partial charge >= 0.3 is 5.97 Å². The summed E-state index contributed by atoms with van der Waals surface area (Å²) in [5, 5.41) is 11.8. The Kier molecular flexibility index (Phi) is 3.99. The third-order valence-electron chi connectivity index (χ3n) is 3.36. The number of hydrogen-bond acceptors (Lipinski definition) is 4. The zero-order valence-corrected chi connectivity index (χ0v) is 10.6. The standard InChI is InChI=1S/C13H16N2O4/c1-19-12-9(5-3-7-14-12)11(16)15-10-6-2-4-8(10)13(17)18/h3,5,7-8,10H,2,4,6H2,1H3,(H,15,16)(H,17,18)/t8-,10+/m1/s1. The highest BCUT2D eigenvalue weighted by Gasteiger charge is 2.34. The molecule has 6 heteroatoms. The molecule has 1 aliphatic carbocycles. The van der Waals surface area contributed by atoms with Crippen molar-refractivity contribution in [2.24, 2.45) is 5.92 Å². The predicted octanol–water partition coefficient (Wildman–Crippen LogP) is 1.07. The van der Waals surface area contributed by atoms with E-state index in [0.717, 1.165) is 6.42 Å². The van der Waals surface area contributed by atoms with E-state index in [1.165, 1.54) is 13.3 Å². The van der Waals surface area contributed by atoms with Crippen LogP contribution in [0.1, 0.15) is 29.6 Å². The van der Waals surface area contributed by atoms with Gasteiger partial charge in [-0.15, -0.1) is 0 Å². The number of methoxy groups -OCH3 is 1. The zero-order chi connectivity index (χ0) is 13.8. The Morgan fingerprint density at radius 1 is 1.47 bits per heavy atom. The van der Waals surface area contributed by atoms with Crippen molar-refractivity contribution in [1.82, 2.24) is 10.3 Å². The quantitative estimate of drug-likeness (QED) is 0.849. The first-order valence-electron chi connectivity index (χ1n) is 6.16. The summed E-state index contributed by atoms with van der Waals surface area (Å²) in [5.41, 5.74) is 0.320. The fourth-order valence-corrected chi connectivity index (χ4v) is 2.40. The summed E-state index contributed by atoms with van der Waals surface area (Å²) in [5.74, 6) is -1.47. The number of carboxylic acid groups (broad SMARTS) is 1. The molecule has 0 saturated heterocycles. The Labute approximate surface area is 110 Å². The molecule has 0 bridgehead atoms. The van der Waals surface area contributed by atoms with Crippen molar-refractivity contribution in [3.63, 3.8) is 0 Å². The largest absolute Gasteiger partial charge is 0.481 e. The van der Waals surface area contributed by atoms with Gasteiger partial charge in [0.05, 0.1) is 13.0 Å². The topological polar surface area (TPSA) is 88.5 Å². The first-order valence-corrected chi connectivity index (χ1v) is 6.16. The number of rotatable bonds is 4. The Hall–Kier alpha value is -2.11. The number of carbonyl (C=O) groups is 2. The summed E-state index contributed by atoms with van der Waals surface area (Å²) in [6, 6.07) is 2.92. The summed E-state index contributed by atoms with van der Waals surface area (Å²) in [6.07, 6.45) is 3.63. The van der Waals surface area contributed by atoms with Crippen molar-refractivity contribution < 1.29 is 19.4 Å². The number of ether oxygens (including phenoxy) is 1. The SMILES string of the molecule is COc1ncccc1C(=O)N[C@H]1CCC[C@H]1C(=O)O. The minimum atomic E-state index is -0.860. The molecule has 1 saturated carbocycles. The van der Waals surface area contributed by atoms with E-state index in [-0.39, 0.29) is 17.8 Å². The molecule has 1 aromatic heterocycles. The second-order valence-electron chi connectivity index (χ2n) is 4.52. The molecule has 2 N–H and O–H groups in total. The average molecular weight is 264 g/mol. The number of nitrogens with zero attached hydrogens (tertiary/aromatic N) is 1. The van der Waals surface area contributed by atoms with Crippen molar-refractivity contribution in [3.8, 4) is 5.88 Å². The van der Waals surface area contributed by atoms with Crippen molar-refractivity contribution in [3.05, 3.63) is 23.9 Å². The number of carboxylic acids is 1. The van der Waals surface area contributed by atoms with E-state index in [9.17, 15) is 9.59 Å². The molecule has 0 spiro atoms. The van der Waals surface area contributed by atoms with Gasteiger partial charge in [-0.3, -0.25) is 9.59 Å². The van der Waals surface area contributed by atoms with Gasteiger partial charge < -0.3 is 15.2 Å². The number of carbonyl (C=O) groups excluding carboxylic acids is 1. The molecule has 0 radical (unpaired) electrons. The molecule has 1 fully saturated rings. The van der Waals surface area contributed by atoms with Crippen LogP contribution in [0.15, 0.2) is 18.3 Å². The van der Waals surface area contributed by atoms with E-state index < -0.39 is 11.9 Å². The molecule has 19 heavy (non-hydrogen) atoms. The van der Waals surface area contributed by atoms with Gasteiger partial charge in [-0.05, 0) is 25.0 Å². The third kappa shape index (κ3) is 2.83. The van der Waals surface area contributed by atoms with Crippen LogP contribution in [-0.2, 0) is 4.79 Å². The van der Waals surface area contributed by atoms with E-state index in [2.05, 4.69) is 10.3 Å². The molecule has 1 aromatic rings. The Morgan fingerprint density at radius 3 is 2.95 bits per heavy atom. The number of aromatic nitrogens is 1. The lowest BCUT2D eigenvalue weighted by molar-refractivity contribution is -0.142. The Bertz CT molecular complexity index is 489. The van der Waals surface area contributed by atoms with Crippen LogP contribution in [0.3, 0.4) is 0 Å². The van der Waals surface area contributed by atoms with E-state index in [4.69, 9.17) is 9.84 Å². The normalized spacial score (nSPS) is 21.9. The monoisotopic (exact) mass is 264 g/mol. The minimum absolute atomic E-state index is 0.241. The predicted molar refractivity (Wildman–Crippen MR) is 67.0 cm³/mol. The molecule has 1 amide bonds. The van der Waals surface area contributed by atoms with Gasteiger partial charge in [-0.25, -0.2) is 4.98 Å². The second-order valence-corrected chi connectivity index (χ2v) is 4.52. The highest BCUT2D eigenvalue weighted by atomic mass is 16.5. The Morgan fingerprint density at radius 2 is 2.26 bits per heavy atom. The number of amides is 1. The third-order valence-corrected chi connectivity index (χ3v) is 3.36. The number of nitrogens with one attached hydrogen (secondary N) is 1. The van der Waals surface area contributed by atoms with Gasteiger partial charge in [0.15, 0.2) is 0 Å². The van der Waals surface area contributed by atoms with Gasteiger partial charge in [0.1, 0.15) is 5.56 Å². The molecular formula is C13H16N2O4. The summed E-state index contributed by atoms with van der Waals surface area (Å²) in [7, 11) is 1.44. The molecule has 2 atom stereocenters. The van der Waals surface area contributed by atoms with Crippen LogP contribution in [0, 0.1) is 5.92 Å². The maximum atomic E-state index is 12.1. The number of pyridine rings is 1. The van der Waals surface area contributed by atoms with E-state index >= 15 is 0 Å². The summed E-state index contributed by atoms with van der Waals surface area (Å²) >= 11 is 0. The first-order chi connectivity index (χ1) is 9.13. The molecule has 1 aliphatic rings. The molecule has 2 rings (SSSR count). The highest BCUT2D eigenvalue weighted by Crippen LogP contribution is 2.26. The molecular weight excluding hydrogens is 248 g/mol. The Balaban J connectivity index is 2.10.